The van der Waals surface area contributed by atoms with Crippen molar-refractivity contribution < 1.29 is 23.0 Å². The van der Waals surface area contributed by atoms with E-state index in [0.717, 1.165) is 25.1 Å². The molecule has 2 atom stereocenters. The van der Waals surface area contributed by atoms with Crippen molar-refractivity contribution in [1.29, 1.82) is 0 Å². The fraction of sp³-hybridized carbons (Fsp3) is 0.450. The molecule has 1 N–H and O–H groups in total. The van der Waals surface area contributed by atoms with Crippen molar-refractivity contribution in [2.75, 3.05) is 18.5 Å². The van der Waals surface area contributed by atoms with Crippen LogP contribution in [0.25, 0.3) is 5.65 Å². The highest BCUT2D eigenvalue weighted by Crippen LogP contribution is 2.57. The minimum atomic E-state index is -2.81. The summed E-state index contributed by atoms with van der Waals surface area (Å²) in [5.74, 6) is 1.33. The first-order valence-corrected chi connectivity index (χ1v) is 9.82. The van der Waals surface area contributed by atoms with Gasteiger partial charge >= 0.3 is 6.55 Å². The Bertz CT molecular complexity index is 1100. The lowest BCUT2D eigenvalue weighted by atomic mass is 10.2. The van der Waals surface area contributed by atoms with Crippen molar-refractivity contribution in [3.8, 4) is 5.75 Å². The van der Waals surface area contributed by atoms with Gasteiger partial charge in [-0.15, -0.1) is 0 Å². The second kappa shape index (κ2) is 7.05. The lowest BCUT2D eigenvalue weighted by molar-refractivity contribution is 0.0561. The Morgan fingerprint density at radius 3 is 2.73 bits per heavy atom. The van der Waals surface area contributed by atoms with E-state index in [1.807, 2.05) is 24.4 Å². The number of alkyl halides is 2. The van der Waals surface area contributed by atoms with Gasteiger partial charge in [0.2, 0.25) is 0 Å². The molecule has 0 spiro atoms. The molecule has 2 aliphatic rings. The zero-order chi connectivity index (χ0) is 21.0. The average Bonchev–Trinajstić information content (AvgIpc) is 3.16. The van der Waals surface area contributed by atoms with Crippen LogP contribution in [0.5, 0.6) is 5.75 Å². The SMILES string of the molecule is CC(C)Oc1cc2nc(C3C4COCC43)cn2cc1NC(=O)c1ccn(C(F)F)n1. The Labute approximate surface area is 170 Å². The maximum atomic E-state index is 12.7. The Kier molecular flexibility index (Phi) is 4.46. The standard InChI is InChI=1S/C20H21F2N5O3/c1-10(2)30-16-5-17-23-15(18-11-8-29-9-12(11)18)7-26(17)6-14(16)24-19(28)13-3-4-27(25-13)20(21)22/h3-7,10-12,18,20H,8-9H2,1-2H3,(H,24,28). The normalized spacial score (nSPS) is 22.7. The summed E-state index contributed by atoms with van der Waals surface area (Å²) in [6, 6.07) is 3.01. The van der Waals surface area contributed by atoms with E-state index >= 15 is 0 Å². The molecule has 30 heavy (non-hydrogen) atoms. The van der Waals surface area contributed by atoms with E-state index in [1.165, 1.54) is 6.07 Å². The number of ether oxygens (including phenoxy) is 2. The number of fused-ring (bicyclic) bond motifs is 2. The molecule has 0 aromatic carbocycles. The van der Waals surface area contributed by atoms with E-state index in [-0.39, 0.29) is 11.8 Å². The highest BCUT2D eigenvalue weighted by atomic mass is 19.3. The van der Waals surface area contributed by atoms with Gasteiger partial charge in [0.25, 0.3) is 5.91 Å². The molecular weight excluding hydrogens is 396 g/mol. The predicted octanol–water partition coefficient (Wildman–Crippen LogP) is 3.33. The molecule has 1 aliphatic heterocycles. The Morgan fingerprint density at radius 1 is 1.30 bits per heavy atom. The first-order valence-electron chi connectivity index (χ1n) is 9.82. The van der Waals surface area contributed by atoms with Crippen LogP contribution in [0.1, 0.15) is 42.5 Å². The molecule has 0 radical (unpaired) electrons. The fourth-order valence-electron chi connectivity index (χ4n) is 4.07. The van der Waals surface area contributed by atoms with E-state index in [4.69, 9.17) is 14.5 Å². The molecule has 1 aliphatic carbocycles. The van der Waals surface area contributed by atoms with Crippen molar-refractivity contribution in [3.05, 3.63) is 42.1 Å². The molecule has 3 aromatic heterocycles. The zero-order valence-corrected chi connectivity index (χ0v) is 16.5. The van der Waals surface area contributed by atoms with Gasteiger partial charge in [-0.25, -0.2) is 9.67 Å². The summed E-state index contributed by atoms with van der Waals surface area (Å²) in [5, 5.41) is 6.33. The monoisotopic (exact) mass is 417 g/mol. The van der Waals surface area contributed by atoms with E-state index in [2.05, 4.69) is 10.4 Å². The summed E-state index contributed by atoms with van der Waals surface area (Å²) in [6.07, 6.45) is 4.61. The smallest absolute Gasteiger partial charge is 0.333 e. The number of rotatable bonds is 6. The Morgan fingerprint density at radius 2 is 2.07 bits per heavy atom. The predicted molar refractivity (Wildman–Crippen MR) is 103 cm³/mol. The molecule has 1 saturated carbocycles. The number of hydrogen-bond donors (Lipinski definition) is 1. The molecule has 8 nitrogen and oxygen atoms in total. The molecule has 1 saturated heterocycles. The topological polar surface area (TPSA) is 82.7 Å². The maximum Gasteiger partial charge on any atom is 0.333 e. The minimum Gasteiger partial charge on any atom is -0.489 e. The van der Waals surface area contributed by atoms with Crippen molar-refractivity contribution in [2.24, 2.45) is 11.8 Å². The highest BCUT2D eigenvalue weighted by molar-refractivity contribution is 6.03. The molecule has 4 heterocycles. The summed E-state index contributed by atoms with van der Waals surface area (Å²) < 4.78 is 39.1. The summed E-state index contributed by atoms with van der Waals surface area (Å²) in [5.41, 5.74) is 2.02. The second-order valence-corrected chi connectivity index (χ2v) is 7.95. The van der Waals surface area contributed by atoms with Crippen LogP contribution in [0.15, 0.2) is 30.7 Å². The van der Waals surface area contributed by atoms with Gasteiger partial charge in [-0.1, -0.05) is 0 Å². The summed E-state index contributed by atoms with van der Waals surface area (Å²) in [4.78, 5) is 17.3. The van der Waals surface area contributed by atoms with Gasteiger partial charge in [-0.05, 0) is 31.7 Å². The molecule has 5 rings (SSSR count). The average molecular weight is 417 g/mol. The van der Waals surface area contributed by atoms with Gasteiger partial charge < -0.3 is 19.2 Å². The van der Waals surface area contributed by atoms with Crippen molar-refractivity contribution in [3.63, 3.8) is 0 Å². The number of carbonyl (C=O) groups excluding carboxylic acids is 1. The van der Waals surface area contributed by atoms with Gasteiger partial charge in [-0.3, -0.25) is 4.79 Å². The van der Waals surface area contributed by atoms with Crippen LogP contribution in [0.2, 0.25) is 0 Å². The number of amides is 1. The van der Waals surface area contributed by atoms with Crippen molar-refractivity contribution in [1.82, 2.24) is 19.2 Å². The van der Waals surface area contributed by atoms with Crippen LogP contribution < -0.4 is 10.1 Å². The van der Waals surface area contributed by atoms with Gasteiger partial charge in [0.15, 0.2) is 5.69 Å². The lowest BCUT2D eigenvalue weighted by Gasteiger charge is -2.15. The van der Waals surface area contributed by atoms with Crippen molar-refractivity contribution >= 4 is 17.2 Å². The molecule has 3 aromatic rings. The lowest BCUT2D eigenvalue weighted by Crippen LogP contribution is -2.16. The highest BCUT2D eigenvalue weighted by Gasteiger charge is 2.55. The van der Waals surface area contributed by atoms with E-state index in [0.29, 0.717) is 39.5 Å². The quantitative estimate of drug-likeness (QED) is 0.665. The number of imidazole rings is 1. The molecular formula is C20H21F2N5O3. The molecule has 2 fully saturated rings. The molecule has 1 amide bonds. The molecule has 158 valence electrons. The van der Waals surface area contributed by atoms with Crippen LogP contribution in [-0.2, 0) is 4.74 Å². The number of nitrogens with zero attached hydrogens (tertiary/aromatic N) is 4. The fourth-order valence-corrected chi connectivity index (χ4v) is 4.07. The molecule has 10 heteroatoms. The van der Waals surface area contributed by atoms with Gasteiger partial charge in [0.05, 0.1) is 25.0 Å². The van der Waals surface area contributed by atoms with Crippen LogP contribution in [-0.4, -0.2) is 44.4 Å². The third-order valence-electron chi connectivity index (χ3n) is 5.52. The maximum absolute atomic E-state index is 12.7. The van der Waals surface area contributed by atoms with Crippen LogP contribution in [0, 0.1) is 11.8 Å². The third-order valence-corrected chi connectivity index (χ3v) is 5.52. The number of carbonyl (C=O) groups is 1. The van der Waals surface area contributed by atoms with E-state index in [9.17, 15) is 13.6 Å². The Hall–Kier alpha value is -3.01. The van der Waals surface area contributed by atoms with E-state index in [1.54, 1.807) is 12.3 Å². The number of pyridine rings is 1. The van der Waals surface area contributed by atoms with E-state index < -0.39 is 12.5 Å². The van der Waals surface area contributed by atoms with Crippen LogP contribution >= 0.6 is 0 Å². The van der Waals surface area contributed by atoms with Gasteiger partial charge in [0.1, 0.15) is 17.1 Å². The zero-order valence-electron chi connectivity index (χ0n) is 16.5. The molecule has 0 bridgehead atoms. The summed E-state index contributed by atoms with van der Waals surface area (Å²) in [6.45, 7) is 2.50. The second-order valence-electron chi connectivity index (χ2n) is 7.95. The summed E-state index contributed by atoms with van der Waals surface area (Å²) >= 11 is 0. The summed E-state index contributed by atoms with van der Waals surface area (Å²) in [7, 11) is 0. The number of nitrogens with one attached hydrogen (secondary N) is 1. The van der Waals surface area contributed by atoms with Gasteiger partial charge in [0, 0.05) is 30.6 Å². The molecule has 2 unspecified atom stereocenters. The number of halogens is 2. The number of anilines is 1. The number of aromatic nitrogens is 4. The number of hydrogen-bond acceptors (Lipinski definition) is 5. The minimum absolute atomic E-state index is 0.108. The van der Waals surface area contributed by atoms with Crippen molar-refractivity contribution in [2.45, 2.75) is 32.4 Å². The third kappa shape index (κ3) is 3.30. The van der Waals surface area contributed by atoms with Crippen LogP contribution in [0.3, 0.4) is 0 Å². The first-order chi connectivity index (χ1) is 14.4. The van der Waals surface area contributed by atoms with Gasteiger partial charge in [-0.2, -0.15) is 13.9 Å². The Balaban J connectivity index is 1.45. The van der Waals surface area contributed by atoms with Crippen LogP contribution in [0.4, 0.5) is 14.5 Å². The first kappa shape index (κ1) is 19.0. The largest absolute Gasteiger partial charge is 0.489 e.